The first kappa shape index (κ1) is 25.7. The minimum absolute atomic E-state index is 0.0800. The molecule has 11 heteroatoms. The summed E-state index contributed by atoms with van der Waals surface area (Å²) < 4.78 is 41.2. The van der Waals surface area contributed by atoms with E-state index < -0.39 is 11.8 Å². The monoisotopic (exact) mass is 530 g/mol. The number of rotatable bonds is 10. The molecule has 198 valence electrons. The molecule has 0 unspecified atom stereocenters. The molecular formula is C28H24F2N6O3. The van der Waals surface area contributed by atoms with Crippen LogP contribution in [0.2, 0.25) is 0 Å². The first-order valence-corrected chi connectivity index (χ1v) is 12.2. The van der Waals surface area contributed by atoms with E-state index in [1.165, 1.54) is 17.2 Å². The van der Waals surface area contributed by atoms with Crippen LogP contribution in [0.5, 0.6) is 0 Å². The molecule has 0 bridgehead atoms. The van der Waals surface area contributed by atoms with Crippen molar-refractivity contribution in [2.75, 3.05) is 18.1 Å². The molecule has 0 fully saturated rings. The number of ether oxygens (including phenoxy) is 1. The summed E-state index contributed by atoms with van der Waals surface area (Å²) in [6, 6.07) is 19.0. The van der Waals surface area contributed by atoms with Crippen LogP contribution in [0.3, 0.4) is 0 Å². The Hall–Kier alpha value is -4.93. The minimum Gasteiger partial charge on any atom is -0.465 e. The minimum atomic E-state index is -0.707. The third kappa shape index (κ3) is 5.98. The zero-order valence-corrected chi connectivity index (χ0v) is 21.0. The van der Waals surface area contributed by atoms with Crippen LogP contribution in [-0.2, 0) is 22.6 Å². The van der Waals surface area contributed by atoms with Crippen LogP contribution in [0, 0.1) is 11.6 Å². The highest BCUT2D eigenvalue weighted by atomic mass is 19.1. The van der Waals surface area contributed by atoms with Crippen LogP contribution in [-0.4, -0.2) is 44.0 Å². The zero-order valence-electron chi connectivity index (χ0n) is 21.0. The molecule has 0 radical (unpaired) electrons. The largest absolute Gasteiger partial charge is 0.465 e. The Morgan fingerprint density at radius 1 is 1.03 bits per heavy atom. The van der Waals surface area contributed by atoms with Crippen molar-refractivity contribution in [2.45, 2.75) is 20.0 Å². The molecule has 0 amide bonds. The maximum absolute atomic E-state index is 15.1. The lowest BCUT2D eigenvalue weighted by atomic mass is 10.2. The van der Waals surface area contributed by atoms with Crippen molar-refractivity contribution in [1.29, 1.82) is 0 Å². The molecule has 2 aromatic carbocycles. The van der Waals surface area contributed by atoms with E-state index in [1.807, 2.05) is 30.3 Å². The zero-order chi connectivity index (χ0) is 27.2. The molecule has 0 saturated carbocycles. The summed E-state index contributed by atoms with van der Waals surface area (Å²) in [5, 5.41) is 8.57. The topological polar surface area (TPSA) is 99.2 Å². The third-order valence-electron chi connectivity index (χ3n) is 5.85. The number of carbonyl (C=O) groups is 1. The van der Waals surface area contributed by atoms with Crippen molar-refractivity contribution in [3.05, 3.63) is 102 Å². The van der Waals surface area contributed by atoms with Gasteiger partial charge in [-0.05, 0) is 24.6 Å². The molecule has 3 aromatic heterocycles. The van der Waals surface area contributed by atoms with E-state index in [2.05, 4.69) is 20.2 Å². The summed E-state index contributed by atoms with van der Waals surface area (Å²) in [4.78, 5) is 22.5. The van der Waals surface area contributed by atoms with Gasteiger partial charge in [-0.3, -0.25) is 9.48 Å². The second-order valence-corrected chi connectivity index (χ2v) is 8.56. The highest BCUT2D eigenvalue weighted by Crippen LogP contribution is 2.27. The fourth-order valence-electron chi connectivity index (χ4n) is 4.06. The summed E-state index contributed by atoms with van der Waals surface area (Å²) in [6.45, 7) is 1.99. The lowest BCUT2D eigenvalue weighted by molar-refractivity contribution is -0.141. The van der Waals surface area contributed by atoms with E-state index in [4.69, 9.17) is 9.26 Å². The van der Waals surface area contributed by atoms with E-state index in [1.54, 1.807) is 41.9 Å². The fourth-order valence-corrected chi connectivity index (χ4v) is 4.06. The van der Waals surface area contributed by atoms with Gasteiger partial charge in [0.2, 0.25) is 0 Å². The molecule has 5 rings (SSSR count). The standard InChI is InChI=1S/C28H24F2N6O3/c1-2-38-26(37)18-35(16-19-8-4-3-5-9-19)28-22(30)15-31-27(32-28)24-14-25(23-12-13-39-34-23)36(33-24)17-20-10-6-7-11-21(20)29/h3-15H,2,16-18H2,1H3. The predicted molar refractivity (Wildman–Crippen MR) is 138 cm³/mol. The molecule has 0 aliphatic rings. The highest BCUT2D eigenvalue weighted by Gasteiger charge is 2.22. The third-order valence-corrected chi connectivity index (χ3v) is 5.85. The van der Waals surface area contributed by atoms with E-state index in [9.17, 15) is 9.18 Å². The summed E-state index contributed by atoms with van der Waals surface area (Å²) in [5.74, 6) is -1.57. The van der Waals surface area contributed by atoms with E-state index >= 15 is 4.39 Å². The van der Waals surface area contributed by atoms with E-state index in [0.717, 1.165) is 11.8 Å². The number of halogens is 2. The lowest BCUT2D eigenvalue weighted by Crippen LogP contribution is -2.32. The Morgan fingerprint density at radius 3 is 2.56 bits per heavy atom. The van der Waals surface area contributed by atoms with Crippen LogP contribution in [0.4, 0.5) is 14.6 Å². The second-order valence-electron chi connectivity index (χ2n) is 8.56. The molecule has 0 saturated heterocycles. The van der Waals surface area contributed by atoms with Crippen LogP contribution >= 0.6 is 0 Å². The van der Waals surface area contributed by atoms with Gasteiger partial charge in [0.15, 0.2) is 17.5 Å². The molecule has 5 aromatic rings. The number of esters is 1. The van der Waals surface area contributed by atoms with Crippen LogP contribution in [0.15, 0.2) is 83.7 Å². The number of nitrogens with zero attached hydrogens (tertiary/aromatic N) is 6. The number of aromatic nitrogens is 5. The van der Waals surface area contributed by atoms with Crippen LogP contribution in [0.25, 0.3) is 22.9 Å². The lowest BCUT2D eigenvalue weighted by Gasteiger charge is -2.23. The molecule has 9 nitrogen and oxygen atoms in total. The van der Waals surface area contributed by atoms with Crippen molar-refractivity contribution >= 4 is 11.8 Å². The number of hydrogen-bond acceptors (Lipinski definition) is 8. The molecule has 0 spiro atoms. The Balaban J connectivity index is 1.54. The number of carbonyl (C=O) groups excluding carboxylic acids is 1. The average Bonchev–Trinajstić information content (AvgIpc) is 3.61. The molecule has 0 atom stereocenters. The summed E-state index contributed by atoms with van der Waals surface area (Å²) in [7, 11) is 0. The maximum atomic E-state index is 15.1. The summed E-state index contributed by atoms with van der Waals surface area (Å²) >= 11 is 0. The van der Waals surface area contributed by atoms with Gasteiger partial charge >= 0.3 is 5.97 Å². The van der Waals surface area contributed by atoms with Gasteiger partial charge in [-0.15, -0.1) is 0 Å². The van der Waals surface area contributed by atoms with Gasteiger partial charge in [-0.1, -0.05) is 53.7 Å². The molecule has 39 heavy (non-hydrogen) atoms. The van der Waals surface area contributed by atoms with Gasteiger partial charge in [0.05, 0.1) is 25.0 Å². The van der Waals surface area contributed by atoms with Crippen LogP contribution in [0.1, 0.15) is 18.1 Å². The molecule has 0 aliphatic carbocycles. The van der Waals surface area contributed by atoms with E-state index in [0.29, 0.717) is 22.6 Å². The molecule has 0 N–H and O–H groups in total. The quantitative estimate of drug-likeness (QED) is 0.235. The van der Waals surface area contributed by atoms with Crippen molar-refractivity contribution < 1.29 is 22.8 Å². The summed E-state index contributed by atoms with van der Waals surface area (Å²) in [6.07, 6.45) is 2.45. The SMILES string of the molecule is CCOC(=O)CN(Cc1ccccc1)c1nc(-c2cc(-c3ccon3)n(Cc3ccccc3F)n2)ncc1F. The molecule has 0 aliphatic heterocycles. The first-order chi connectivity index (χ1) is 19.0. The Labute approximate surface area is 222 Å². The normalized spacial score (nSPS) is 10.9. The Morgan fingerprint density at radius 2 is 1.82 bits per heavy atom. The predicted octanol–water partition coefficient (Wildman–Crippen LogP) is 4.89. The van der Waals surface area contributed by atoms with Gasteiger partial charge in [0.1, 0.15) is 30.0 Å². The summed E-state index contributed by atoms with van der Waals surface area (Å²) in [5.41, 5.74) is 2.58. The van der Waals surface area contributed by atoms with Gasteiger partial charge in [0, 0.05) is 18.2 Å². The number of hydrogen-bond donors (Lipinski definition) is 0. The Kier molecular flexibility index (Phi) is 7.67. The average molecular weight is 531 g/mol. The van der Waals surface area contributed by atoms with Gasteiger partial charge < -0.3 is 14.2 Å². The van der Waals surface area contributed by atoms with Gasteiger partial charge in [-0.25, -0.2) is 18.7 Å². The number of anilines is 1. The van der Waals surface area contributed by atoms with Crippen LogP contribution < -0.4 is 4.90 Å². The maximum Gasteiger partial charge on any atom is 0.325 e. The van der Waals surface area contributed by atoms with Crippen molar-refractivity contribution in [3.8, 4) is 22.9 Å². The first-order valence-electron chi connectivity index (χ1n) is 12.2. The van der Waals surface area contributed by atoms with Crippen molar-refractivity contribution in [2.24, 2.45) is 0 Å². The van der Waals surface area contributed by atoms with Gasteiger partial charge in [-0.2, -0.15) is 5.10 Å². The molecular weight excluding hydrogens is 506 g/mol. The van der Waals surface area contributed by atoms with E-state index in [-0.39, 0.29) is 43.7 Å². The second kappa shape index (κ2) is 11.6. The number of benzene rings is 2. The van der Waals surface area contributed by atoms with Crippen molar-refractivity contribution in [1.82, 2.24) is 24.9 Å². The smallest absolute Gasteiger partial charge is 0.325 e. The van der Waals surface area contributed by atoms with Crippen molar-refractivity contribution in [3.63, 3.8) is 0 Å². The van der Waals surface area contributed by atoms with Gasteiger partial charge in [0.25, 0.3) is 0 Å². The Bertz CT molecular complexity index is 1560. The fraction of sp³-hybridized carbons (Fsp3) is 0.179. The molecule has 3 heterocycles. The highest BCUT2D eigenvalue weighted by molar-refractivity contribution is 5.75.